The average Bonchev–Trinajstić information content (AvgIpc) is 2.37. The molecule has 0 aromatic heterocycles. The van der Waals surface area contributed by atoms with E-state index in [1.165, 1.54) is 18.6 Å². The van der Waals surface area contributed by atoms with Gasteiger partial charge in [0.15, 0.2) is 0 Å². The molecule has 5 heteroatoms. The zero-order valence-corrected chi connectivity index (χ0v) is 11.2. The van der Waals surface area contributed by atoms with Crippen LogP contribution in [0.5, 0.6) is 0 Å². The highest BCUT2D eigenvalue weighted by atomic mass is 32.2. The predicted octanol–water partition coefficient (Wildman–Crippen LogP) is 4.91. The largest absolute Gasteiger partial charge is 0.416 e. The van der Waals surface area contributed by atoms with Crippen LogP contribution in [0, 0.1) is 0 Å². The fourth-order valence-electron chi connectivity index (χ4n) is 1.59. The van der Waals surface area contributed by atoms with E-state index < -0.39 is 11.7 Å². The molecule has 0 spiro atoms. The van der Waals surface area contributed by atoms with Crippen molar-refractivity contribution in [3.63, 3.8) is 0 Å². The Balaban J connectivity index is 1.99. The van der Waals surface area contributed by atoms with Gasteiger partial charge in [0, 0.05) is 0 Å². The lowest BCUT2D eigenvalue weighted by Crippen LogP contribution is -2.04. The molecule has 0 radical (unpaired) electrons. The molecule has 0 bridgehead atoms. The first-order chi connectivity index (χ1) is 8.55. The van der Waals surface area contributed by atoms with Crippen LogP contribution < -0.4 is 0 Å². The molecule has 2 rings (SSSR count). The number of hydrogen-bond acceptors (Lipinski definition) is 2. The number of thioether (sulfide) groups is 2. The fourth-order valence-corrected chi connectivity index (χ4v) is 4.20. The van der Waals surface area contributed by atoms with Crippen LogP contribution in [0.25, 0.3) is 6.08 Å². The Morgan fingerprint density at radius 2 is 1.67 bits per heavy atom. The second kappa shape index (κ2) is 6.06. The molecule has 0 aliphatic carbocycles. The standard InChI is InChI=1S/C13H13F3S2/c14-13(15,16)11-5-2-10(3-6-11)4-7-12-17-8-1-9-18-12/h2-7,12H,1,8-9H2. The van der Waals surface area contributed by atoms with Gasteiger partial charge in [-0.2, -0.15) is 13.2 Å². The summed E-state index contributed by atoms with van der Waals surface area (Å²) in [6.45, 7) is 0. The summed E-state index contributed by atoms with van der Waals surface area (Å²) in [6.07, 6.45) is 0.949. The SMILES string of the molecule is FC(F)(F)c1ccc(C=CC2SCCCS2)cc1. The molecule has 0 N–H and O–H groups in total. The van der Waals surface area contributed by atoms with Gasteiger partial charge in [-0.15, -0.1) is 23.5 Å². The van der Waals surface area contributed by atoms with Crippen molar-refractivity contribution in [3.8, 4) is 0 Å². The highest BCUT2D eigenvalue weighted by Gasteiger charge is 2.29. The molecule has 1 aromatic rings. The molecule has 0 atom stereocenters. The molecule has 1 fully saturated rings. The van der Waals surface area contributed by atoms with Crippen LogP contribution in [0.2, 0.25) is 0 Å². The maximum atomic E-state index is 12.4. The first kappa shape index (κ1) is 13.9. The lowest BCUT2D eigenvalue weighted by atomic mass is 10.1. The van der Waals surface area contributed by atoms with E-state index in [1.807, 2.05) is 29.6 Å². The number of halogens is 3. The van der Waals surface area contributed by atoms with Crippen LogP contribution in [0.1, 0.15) is 17.5 Å². The molecule has 0 saturated carbocycles. The summed E-state index contributed by atoms with van der Waals surface area (Å²) >= 11 is 3.77. The zero-order valence-electron chi connectivity index (χ0n) is 9.61. The molecule has 1 heterocycles. The van der Waals surface area contributed by atoms with Gasteiger partial charge >= 0.3 is 6.18 Å². The van der Waals surface area contributed by atoms with Crippen molar-refractivity contribution >= 4 is 29.6 Å². The quantitative estimate of drug-likeness (QED) is 0.758. The normalized spacial score (nSPS) is 18.4. The number of alkyl halides is 3. The van der Waals surface area contributed by atoms with E-state index in [4.69, 9.17) is 0 Å². The van der Waals surface area contributed by atoms with E-state index in [1.54, 1.807) is 0 Å². The minimum atomic E-state index is -4.25. The van der Waals surface area contributed by atoms with E-state index in [-0.39, 0.29) is 0 Å². The Morgan fingerprint density at radius 3 is 2.22 bits per heavy atom. The Morgan fingerprint density at radius 1 is 1.06 bits per heavy atom. The Hall–Kier alpha value is -0.550. The van der Waals surface area contributed by atoms with Gasteiger partial charge in [-0.1, -0.05) is 24.3 Å². The van der Waals surface area contributed by atoms with Gasteiger partial charge in [-0.3, -0.25) is 0 Å². The summed E-state index contributed by atoms with van der Waals surface area (Å²) < 4.78 is 37.5. The van der Waals surface area contributed by atoms with E-state index >= 15 is 0 Å². The maximum absolute atomic E-state index is 12.4. The van der Waals surface area contributed by atoms with Gasteiger partial charge in [-0.25, -0.2) is 0 Å². The van der Waals surface area contributed by atoms with Crippen molar-refractivity contribution in [1.82, 2.24) is 0 Å². The van der Waals surface area contributed by atoms with Crippen LogP contribution in [-0.2, 0) is 6.18 Å². The van der Waals surface area contributed by atoms with Crippen molar-refractivity contribution < 1.29 is 13.2 Å². The fraction of sp³-hybridized carbons (Fsp3) is 0.385. The topological polar surface area (TPSA) is 0 Å². The number of benzene rings is 1. The van der Waals surface area contributed by atoms with Gasteiger partial charge < -0.3 is 0 Å². The molecule has 18 heavy (non-hydrogen) atoms. The second-order valence-electron chi connectivity index (χ2n) is 3.94. The van der Waals surface area contributed by atoms with Crippen LogP contribution in [0.3, 0.4) is 0 Å². The van der Waals surface area contributed by atoms with Crippen LogP contribution >= 0.6 is 23.5 Å². The molecule has 1 saturated heterocycles. The average molecular weight is 290 g/mol. The van der Waals surface area contributed by atoms with E-state index in [2.05, 4.69) is 6.08 Å². The zero-order chi connectivity index (χ0) is 13.0. The lowest BCUT2D eigenvalue weighted by molar-refractivity contribution is -0.137. The first-order valence-corrected chi connectivity index (χ1v) is 7.74. The summed E-state index contributed by atoms with van der Waals surface area (Å²) in [6, 6.07) is 5.27. The van der Waals surface area contributed by atoms with E-state index in [0.29, 0.717) is 4.58 Å². The van der Waals surface area contributed by atoms with Gasteiger partial charge in [0.1, 0.15) is 0 Å². The minimum absolute atomic E-state index is 0.432. The summed E-state index contributed by atoms with van der Waals surface area (Å²) in [5.74, 6) is 2.32. The number of rotatable bonds is 2. The molecule has 0 unspecified atom stereocenters. The summed E-state index contributed by atoms with van der Waals surface area (Å²) in [4.78, 5) is 0. The highest BCUT2D eigenvalue weighted by molar-refractivity contribution is 8.17. The minimum Gasteiger partial charge on any atom is -0.166 e. The second-order valence-corrected chi connectivity index (χ2v) is 6.74. The van der Waals surface area contributed by atoms with Gasteiger partial charge in [0.2, 0.25) is 0 Å². The highest BCUT2D eigenvalue weighted by Crippen LogP contribution is 2.32. The molecule has 1 aliphatic rings. The summed E-state index contributed by atoms with van der Waals surface area (Å²) in [7, 11) is 0. The third-order valence-electron chi connectivity index (χ3n) is 2.54. The Labute approximate surface area is 113 Å². The van der Waals surface area contributed by atoms with Gasteiger partial charge in [0.25, 0.3) is 0 Å². The predicted molar refractivity (Wildman–Crippen MR) is 73.8 cm³/mol. The smallest absolute Gasteiger partial charge is 0.166 e. The van der Waals surface area contributed by atoms with E-state index in [0.717, 1.165) is 29.2 Å². The van der Waals surface area contributed by atoms with Crippen LogP contribution in [0.4, 0.5) is 13.2 Å². The van der Waals surface area contributed by atoms with Crippen molar-refractivity contribution in [3.05, 3.63) is 41.5 Å². The lowest BCUT2D eigenvalue weighted by Gasteiger charge is -2.17. The maximum Gasteiger partial charge on any atom is 0.416 e. The van der Waals surface area contributed by atoms with Crippen molar-refractivity contribution in [1.29, 1.82) is 0 Å². The third kappa shape index (κ3) is 3.99. The molecular formula is C13H13F3S2. The molecule has 98 valence electrons. The Kier molecular flexibility index (Phi) is 4.67. The molecule has 1 aromatic carbocycles. The van der Waals surface area contributed by atoms with Gasteiger partial charge in [-0.05, 0) is 35.6 Å². The summed E-state index contributed by atoms with van der Waals surface area (Å²) in [5.41, 5.74) is 0.218. The third-order valence-corrected chi connectivity index (χ3v) is 5.37. The van der Waals surface area contributed by atoms with Crippen molar-refractivity contribution in [2.75, 3.05) is 11.5 Å². The molecule has 0 nitrogen and oxygen atoms in total. The van der Waals surface area contributed by atoms with E-state index in [9.17, 15) is 13.2 Å². The monoisotopic (exact) mass is 290 g/mol. The van der Waals surface area contributed by atoms with Crippen molar-refractivity contribution in [2.24, 2.45) is 0 Å². The van der Waals surface area contributed by atoms with Crippen LogP contribution in [0.15, 0.2) is 30.3 Å². The summed E-state index contributed by atoms with van der Waals surface area (Å²) in [5, 5.41) is 0. The molecule has 0 amide bonds. The van der Waals surface area contributed by atoms with Crippen molar-refractivity contribution in [2.45, 2.75) is 17.2 Å². The first-order valence-electron chi connectivity index (χ1n) is 5.64. The molecule has 1 aliphatic heterocycles. The van der Waals surface area contributed by atoms with Crippen LogP contribution in [-0.4, -0.2) is 16.1 Å². The number of hydrogen-bond donors (Lipinski definition) is 0. The Bertz CT molecular complexity index is 403. The molecular weight excluding hydrogens is 277 g/mol. The van der Waals surface area contributed by atoms with Gasteiger partial charge in [0.05, 0.1) is 10.1 Å².